The summed E-state index contributed by atoms with van der Waals surface area (Å²) in [6, 6.07) is 0. The smallest absolute Gasteiger partial charge is 0.257 e. The van der Waals surface area contributed by atoms with E-state index < -0.39 is 0 Å². The molecule has 0 aromatic carbocycles. The average Bonchev–Trinajstić information content (AvgIpc) is 3.10. The molecule has 0 atom stereocenters. The van der Waals surface area contributed by atoms with E-state index in [0.29, 0.717) is 24.1 Å². The molecule has 2 saturated heterocycles. The number of ether oxygens (including phenoxy) is 1. The summed E-state index contributed by atoms with van der Waals surface area (Å²) < 4.78 is 5.78. The van der Waals surface area contributed by atoms with Crippen LogP contribution in [0.15, 0.2) is 12.4 Å². The molecular weight excluding hydrogens is 304 g/mol. The molecule has 2 fully saturated rings. The van der Waals surface area contributed by atoms with Crippen LogP contribution in [0.3, 0.4) is 0 Å². The molecule has 0 bridgehead atoms. The Bertz CT molecular complexity index is 550. The van der Waals surface area contributed by atoms with Crippen molar-refractivity contribution in [3.05, 3.63) is 12.4 Å². The molecule has 0 saturated carbocycles. The molecule has 0 unspecified atom stereocenters. The SMILES string of the molecule is CC(C)Oc1nccnc1N1CCC(CC(=O)N2CCCC2)CC1. The molecule has 1 aromatic rings. The standard InChI is InChI=1S/C18H28N4O2/c1-14(2)24-18-17(19-7-8-20-18)22-11-5-15(6-12-22)13-16(23)21-9-3-4-10-21/h7-8,14-15H,3-6,9-13H2,1-2H3. The summed E-state index contributed by atoms with van der Waals surface area (Å²) in [5.74, 6) is 2.27. The Labute approximate surface area is 144 Å². The van der Waals surface area contributed by atoms with Crippen LogP contribution in [0.25, 0.3) is 0 Å². The van der Waals surface area contributed by atoms with E-state index in [1.807, 2.05) is 18.7 Å². The van der Waals surface area contributed by atoms with Crippen molar-refractivity contribution in [2.75, 3.05) is 31.1 Å². The fraction of sp³-hybridized carbons (Fsp3) is 0.722. The highest BCUT2D eigenvalue weighted by Gasteiger charge is 2.27. The van der Waals surface area contributed by atoms with Gasteiger partial charge in [-0.05, 0) is 45.4 Å². The Kier molecular flexibility index (Phi) is 5.53. The van der Waals surface area contributed by atoms with Gasteiger partial charge < -0.3 is 14.5 Å². The molecule has 3 heterocycles. The van der Waals surface area contributed by atoms with Crippen molar-refractivity contribution in [2.45, 2.75) is 52.1 Å². The van der Waals surface area contributed by atoms with Gasteiger partial charge in [0.25, 0.3) is 5.88 Å². The first kappa shape index (κ1) is 17.0. The molecule has 24 heavy (non-hydrogen) atoms. The Morgan fingerprint density at radius 3 is 2.50 bits per heavy atom. The van der Waals surface area contributed by atoms with Gasteiger partial charge in [0.05, 0.1) is 6.10 Å². The van der Waals surface area contributed by atoms with Gasteiger partial charge in [0.15, 0.2) is 5.82 Å². The van der Waals surface area contributed by atoms with Gasteiger partial charge in [-0.15, -0.1) is 0 Å². The van der Waals surface area contributed by atoms with Gasteiger partial charge in [-0.2, -0.15) is 0 Å². The monoisotopic (exact) mass is 332 g/mol. The topological polar surface area (TPSA) is 58.6 Å². The summed E-state index contributed by atoms with van der Waals surface area (Å²) in [5.41, 5.74) is 0. The van der Waals surface area contributed by atoms with Gasteiger partial charge in [-0.25, -0.2) is 9.97 Å². The molecule has 0 spiro atoms. The number of hydrogen-bond acceptors (Lipinski definition) is 5. The molecule has 132 valence electrons. The number of aromatic nitrogens is 2. The highest BCUT2D eigenvalue weighted by atomic mass is 16.5. The van der Waals surface area contributed by atoms with Crippen molar-refractivity contribution in [3.63, 3.8) is 0 Å². The van der Waals surface area contributed by atoms with Crippen LogP contribution in [-0.4, -0.2) is 53.1 Å². The van der Waals surface area contributed by atoms with Crippen LogP contribution in [0.1, 0.15) is 46.0 Å². The van der Waals surface area contributed by atoms with E-state index >= 15 is 0 Å². The minimum atomic E-state index is 0.0797. The van der Waals surface area contributed by atoms with Crippen molar-refractivity contribution < 1.29 is 9.53 Å². The molecule has 0 aliphatic carbocycles. The average molecular weight is 332 g/mol. The highest BCUT2D eigenvalue weighted by molar-refractivity contribution is 5.76. The lowest BCUT2D eigenvalue weighted by atomic mass is 9.93. The number of nitrogens with zero attached hydrogens (tertiary/aromatic N) is 4. The quantitative estimate of drug-likeness (QED) is 0.829. The van der Waals surface area contributed by atoms with E-state index in [0.717, 1.165) is 57.7 Å². The largest absolute Gasteiger partial charge is 0.472 e. The van der Waals surface area contributed by atoms with Crippen molar-refractivity contribution in [1.82, 2.24) is 14.9 Å². The second kappa shape index (κ2) is 7.81. The summed E-state index contributed by atoms with van der Waals surface area (Å²) in [7, 11) is 0. The van der Waals surface area contributed by atoms with E-state index in [4.69, 9.17) is 4.74 Å². The van der Waals surface area contributed by atoms with E-state index in [2.05, 4.69) is 14.9 Å². The van der Waals surface area contributed by atoms with Gasteiger partial charge >= 0.3 is 0 Å². The van der Waals surface area contributed by atoms with Crippen LogP contribution in [0, 0.1) is 5.92 Å². The van der Waals surface area contributed by atoms with Gasteiger partial charge in [-0.1, -0.05) is 0 Å². The van der Waals surface area contributed by atoms with Gasteiger partial charge in [0.2, 0.25) is 5.91 Å². The van der Waals surface area contributed by atoms with Crippen molar-refractivity contribution >= 4 is 11.7 Å². The summed E-state index contributed by atoms with van der Waals surface area (Å²) in [5, 5.41) is 0. The Morgan fingerprint density at radius 2 is 1.83 bits per heavy atom. The zero-order valence-electron chi connectivity index (χ0n) is 14.8. The van der Waals surface area contributed by atoms with E-state index in [1.54, 1.807) is 12.4 Å². The number of amides is 1. The maximum Gasteiger partial charge on any atom is 0.257 e. The van der Waals surface area contributed by atoms with Crippen LogP contribution in [-0.2, 0) is 4.79 Å². The number of hydrogen-bond donors (Lipinski definition) is 0. The maximum absolute atomic E-state index is 12.3. The number of likely N-dealkylation sites (tertiary alicyclic amines) is 1. The molecule has 6 heteroatoms. The van der Waals surface area contributed by atoms with E-state index in [9.17, 15) is 4.79 Å². The fourth-order valence-electron chi connectivity index (χ4n) is 3.53. The molecule has 0 N–H and O–H groups in total. The predicted octanol–water partition coefficient (Wildman–Crippen LogP) is 2.49. The van der Waals surface area contributed by atoms with Gasteiger partial charge in [0.1, 0.15) is 0 Å². The first-order valence-electron chi connectivity index (χ1n) is 9.14. The minimum Gasteiger partial charge on any atom is -0.472 e. The van der Waals surface area contributed by atoms with Crippen LogP contribution in [0.2, 0.25) is 0 Å². The van der Waals surface area contributed by atoms with Gasteiger partial charge in [-0.3, -0.25) is 4.79 Å². The lowest BCUT2D eigenvalue weighted by molar-refractivity contribution is -0.131. The van der Waals surface area contributed by atoms with Crippen LogP contribution >= 0.6 is 0 Å². The lowest BCUT2D eigenvalue weighted by Crippen LogP contribution is -2.37. The molecule has 1 amide bonds. The van der Waals surface area contributed by atoms with Crippen molar-refractivity contribution in [1.29, 1.82) is 0 Å². The number of carbonyl (C=O) groups is 1. The summed E-state index contributed by atoms with van der Waals surface area (Å²) in [4.78, 5) is 25.4. The van der Waals surface area contributed by atoms with Crippen LogP contribution in [0.4, 0.5) is 5.82 Å². The normalized spacial score (nSPS) is 19.1. The Morgan fingerprint density at radius 1 is 1.17 bits per heavy atom. The summed E-state index contributed by atoms with van der Waals surface area (Å²) in [6.45, 7) is 7.71. The molecule has 1 aromatic heterocycles. The third-order valence-corrected chi connectivity index (χ3v) is 4.83. The second-order valence-corrected chi connectivity index (χ2v) is 7.07. The molecule has 2 aliphatic rings. The molecule has 6 nitrogen and oxygen atoms in total. The van der Waals surface area contributed by atoms with E-state index in [-0.39, 0.29) is 6.10 Å². The molecule has 3 rings (SSSR count). The highest BCUT2D eigenvalue weighted by Crippen LogP contribution is 2.29. The zero-order chi connectivity index (χ0) is 16.9. The summed E-state index contributed by atoms with van der Waals surface area (Å²) in [6.07, 6.45) is 8.54. The molecular formula is C18H28N4O2. The van der Waals surface area contributed by atoms with Crippen LogP contribution < -0.4 is 9.64 Å². The molecule has 0 radical (unpaired) electrons. The number of piperidine rings is 1. The number of anilines is 1. The Balaban J connectivity index is 1.54. The fourth-order valence-corrected chi connectivity index (χ4v) is 3.53. The predicted molar refractivity (Wildman–Crippen MR) is 93.2 cm³/mol. The first-order valence-corrected chi connectivity index (χ1v) is 9.14. The molecule has 2 aliphatic heterocycles. The maximum atomic E-state index is 12.3. The zero-order valence-corrected chi connectivity index (χ0v) is 14.8. The number of rotatable bonds is 5. The van der Waals surface area contributed by atoms with Gasteiger partial charge in [0, 0.05) is 45.0 Å². The number of carbonyl (C=O) groups excluding carboxylic acids is 1. The minimum absolute atomic E-state index is 0.0797. The third-order valence-electron chi connectivity index (χ3n) is 4.83. The van der Waals surface area contributed by atoms with E-state index in [1.165, 1.54) is 0 Å². The van der Waals surface area contributed by atoms with Crippen LogP contribution in [0.5, 0.6) is 5.88 Å². The lowest BCUT2D eigenvalue weighted by Gasteiger charge is -2.33. The van der Waals surface area contributed by atoms with Crippen molar-refractivity contribution in [3.8, 4) is 5.88 Å². The second-order valence-electron chi connectivity index (χ2n) is 7.07. The Hall–Kier alpha value is -1.85. The van der Waals surface area contributed by atoms with Crippen molar-refractivity contribution in [2.24, 2.45) is 5.92 Å². The third kappa shape index (κ3) is 4.16. The first-order chi connectivity index (χ1) is 11.6. The summed E-state index contributed by atoms with van der Waals surface area (Å²) >= 11 is 0.